The van der Waals surface area contributed by atoms with Gasteiger partial charge in [0.25, 0.3) is 5.76 Å². The quantitative estimate of drug-likeness (QED) is 0.846. The van der Waals surface area contributed by atoms with Gasteiger partial charge in [0.1, 0.15) is 0 Å². The summed E-state index contributed by atoms with van der Waals surface area (Å²) in [4.78, 5) is 0.564. The van der Waals surface area contributed by atoms with Gasteiger partial charge in [-0.3, -0.25) is 0 Å². The van der Waals surface area contributed by atoms with Crippen LogP contribution in [0.2, 0.25) is 0 Å². The Morgan fingerprint density at radius 1 is 1.33 bits per heavy atom. The summed E-state index contributed by atoms with van der Waals surface area (Å²) in [5.74, 6) is -2.44. The number of nitrogens with zero attached hydrogens (tertiary/aromatic N) is 1. The first-order valence-corrected chi connectivity index (χ1v) is 7.89. The fourth-order valence-electron chi connectivity index (χ4n) is 3.05. The highest BCUT2D eigenvalue weighted by molar-refractivity contribution is 7.99. The number of aliphatic hydroxyl groups excluding tert-OH is 1. The van der Waals surface area contributed by atoms with Crippen molar-refractivity contribution in [3.8, 4) is 5.69 Å². The Bertz CT molecular complexity index is 654. The van der Waals surface area contributed by atoms with Crippen LogP contribution in [0.5, 0.6) is 0 Å². The van der Waals surface area contributed by atoms with Crippen LogP contribution in [0, 0.1) is 6.92 Å². The van der Waals surface area contributed by atoms with Crippen LogP contribution in [-0.2, 0) is 6.42 Å². The van der Waals surface area contributed by atoms with Crippen molar-refractivity contribution in [1.29, 1.82) is 0 Å². The van der Waals surface area contributed by atoms with Crippen LogP contribution in [0.15, 0.2) is 35.2 Å². The van der Waals surface area contributed by atoms with Gasteiger partial charge < -0.3 is 9.67 Å². The van der Waals surface area contributed by atoms with Crippen molar-refractivity contribution in [2.24, 2.45) is 0 Å². The molecule has 0 radical (unpaired) electrons. The Hall–Kier alpha value is -1.33. The number of aromatic nitrogens is 1. The maximum absolute atomic E-state index is 12.8. The van der Waals surface area contributed by atoms with Crippen LogP contribution in [0.3, 0.4) is 0 Å². The van der Waals surface area contributed by atoms with Crippen molar-refractivity contribution in [3.05, 3.63) is 47.3 Å². The van der Waals surface area contributed by atoms with E-state index < -0.39 is 11.9 Å². The summed E-state index contributed by atoms with van der Waals surface area (Å²) in [7, 11) is 0. The summed E-state index contributed by atoms with van der Waals surface area (Å²) in [6, 6.07) is 9.18. The van der Waals surface area contributed by atoms with E-state index in [2.05, 4.69) is 0 Å². The smallest absolute Gasteiger partial charge is 0.288 e. The summed E-state index contributed by atoms with van der Waals surface area (Å²) in [6.45, 7) is 1.95. The zero-order valence-corrected chi connectivity index (χ0v) is 12.5. The molecule has 1 aromatic carbocycles. The number of para-hydroxylation sites is 1. The zero-order valence-electron chi connectivity index (χ0n) is 11.7. The largest absolute Gasteiger partial charge is 0.388 e. The number of thioether (sulfide) groups is 1. The Labute approximate surface area is 126 Å². The molecule has 2 nitrogen and oxygen atoms in total. The Morgan fingerprint density at radius 3 is 2.86 bits per heavy atom. The number of benzene rings is 1. The second kappa shape index (κ2) is 5.81. The SMILES string of the molecule is Cc1cc2c(n1-c1ccccc1SC(F)F)CCCC2O. The molecule has 1 aromatic heterocycles. The van der Waals surface area contributed by atoms with E-state index in [1.807, 2.05) is 29.7 Å². The monoisotopic (exact) mass is 309 g/mol. The van der Waals surface area contributed by atoms with Gasteiger partial charge in [0.15, 0.2) is 0 Å². The van der Waals surface area contributed by atoms with Gasteiger partial charge in [0.05, 0.1) is 11.8 Å². The van der Waals surface area contributed by atoms with Gasteiger partial charge in [-0.1, -0.05) is 23.9 Å². The van der Waals surface area contributed by atoms with Crippen LogP contribution in [-0.4, -0.2) is 15.4 Å². The molecule has 0 saturated heterocycles. The van der Waals surface area contributed by atoms with Gasteiger partial charge in [0.2, 0.25) is 0 Å². The summed E-state index contributed by atoms with van der Waals surface area (Å²) in [6.07, 6.45) is 2.11. The fourth-order valence-corrected chi connectivity index (χ4v) is 3.68. The van der Waals surface area contributed by atoms with Crippen molar-refractivity contribution < 1.29 is 13.9 Å². The number of rotatable bonds is 3. The molecule has 0 spiro atoms. The Kier molecular flexibility index (Phi) is 4.04. The van der Waals surface area contributed by atoms with E-state index >= 15 is 0 Å². The standard InChI is InChI=1S/C16H17F2NOS/c1-10-9-11-12(6-4-7-14(11)20)19(10)13-5-2-3-8-15(13)21-16(17)18/h2-3,5,8-9,14,16,20H,4,6-7H2,1H3. The lowest BCUT2D eigenvalue weighted by atomic mass is 9.95. The highest BCUT2D eigenvalue weighted by atomic mass is 32.2. The minimum absolute atomic E-state index is 0.441. The first kappa shape index (κ1) is 14.6. The molecule has 0 fully saturated rings. The third-order valence-electron chi connectivity index (χ3n) is 3.89. The average Bonchev–Trinajstić information content (AvgIpc) is 2.77. The number of fused-ring (bicyclic) bond motifs is 1. The molecule has 112 valence electrons. The second-order valence-electron chi connectivity index (χ2n) is 5.28. The second-order valence-corrected chi connectivity index (χ2v) is 6.31. The molecule has 0 amide bonds. The van der Waals surface area contributed by atoms with E-state index in [1.54, 1.807) is 12.1 Å². The van der Waals surface area contributed by atoms with Crippen molar-refractivity contribution in [1.82, 2.24) is 4.57 Å². The summed E-state index contributed by atoms with van der Waals surface area (Å²) >= 11 is 0.567. The van der Waals surface area contributed by atoms with E-state index in [-0.39, 0.29) is 0 Å². The van der Waals surface area contributed by atoms with Crippen molar-refractivity contribution in [2.75, 3.05) is 0 Å². The number of aryl methyl sites for hydroxylation is 1. The van der Waals surface area contributed by atoms with Gasteiger partial charge in [-0.15, -0.1) is 0 Å². The molecule has 3 rings (SSSR count). The van der Waals surface area contributed by atoms with E-state index in [0.29, 0.717) is 16.7 Å². The molecular formula is C16H17F2NOS. The van der Waals surface area contributed by atoms with Crippen LogP contribution in [0.25, 0.3) is 5.69 Å². The first-order chi connectivity index (χ1) is 10.1. The number of hydrogen-bond acceptors (Lipinski definition) is 2. The third kappa shape index (κ3) is 2.72. The lowest BCUT2D eigenvalue weighted by molar-refractivity contribution is 0.156. The number of hydrogen-bond donors (Lipinski definition) is 1. The molecule has 1 N–H and O–H groups in total. The van der Waals surface area contributed by atoms with E-state index in [9.17, 15) is 13.9 Å². The first-order valence-electron chi connectivity index (χ1n) is 7.01. The normalized spacial score (nSPS) is 18.0. The molecule has 1 heterocycles. The molecule has 0 aliphatic heterocycles. The molecule has 1 aliphatic carbocycles. The molecule has 1 unspecified atom stereocenters. The minimum Gasteiger partial charge on any atom is -0.388 e. The Balaban J connectivity index is 2.13. The average molecular weight is 309 g/mol. The summed E-state index contributed by atoms with van der Waals surface area (Å²) in [5.41, 5.74) is 3.74. The van der Waals surface area contributed by atoms with Gasteiger partial charge in [-0.2, -0.15) is 8.78 Å². The molecule has 21 heavy (non-hydrogen) atoms. The van der Waals surface area contributed by atoms with Crippen LogP contribution < -0.4 is 0 Å². The van der Waals surface area contributed by atoms with Crippen molar-refractivity contribution in [3.63, 3.8) is 0 Å². The maximum atomic E-state index is 12.8. The molecule has 0 bridgehead atoms. The topological polar surface area (TPSA) is 25.2 Å². The van der Waals surface area contributed by atoms with E-state index in [4.69, 9.17) is 0 Å². The van der Waals surface area contributed by atoms with Crippen molar-refractivity contribution in [2.45, 2.75) is 42.9 Å². The van der Waals surface area contributed by atoms with Gasteiger partial charge >= 0.3 is 0 Å². The molecule has 1 aliphatic rings. The molecule has 2 aromatic rings. The fraction of sp³-hybridized carbons (Fsp3) is 0.375. The van der Waals surface area contributed by atoms with E-state index in [1.165, 1.54) is 0 Å². The predicted octanol–water partition coefficient (Wildman–Crippen LogP) is 4.47. The number of aliphatic hydroxyl groups is 1. The summed E-state index contributed by atoms with van der Waals surface area (Å²) < 4.78 is 27.5. The van der Waals surface area contributed by atoms with Gasteiger partial charge in [0, 0.05) is 21.8 Å². The van der Waals surface area contributed by atoms with Crippen molar-refractivity contribution >= 4 is 11.8 Å². The lowest BCUT2D eigenvalue weighted by Crippen LogP contribution is -2.12. The van der Waals surface area contributed by atoms with Gasteiger partial charge in [-0.05, 0) is 44.4 Å². The molecule has 0 saturated carbocycles. The Morgan fingerprint density at radius 2 is 2.10 bits per heavy atom. The molecular weight excluding hydrogens is 292 g/mol. The van der Waals surface area contributed by atoms with Crippen LogP contribution in [0.4, 0.5) is 8.78 Å². The zero-order chi connectivity index (χ0) is 15.0. The minimum atomic E-state index is -2.44. The third-order valence-corrected chi connectivity index (χ3v) is 4.67. The summed E-state index contributed by atoms with van der Waals surface area (Å²) in [5, 5.41) is 10.1. The predicted molar refractivity (Wildman–Crippen MR) is 80.3 cm³/mol. The van der Waals surface area contributed by atoms with Gasteiger partial charge in [-0.25, -0.2) is 0 Å². The van der Waals surface area contributed by atoms with Crippen LogP contribution >= 0.6 is 11.8 Å². The molecule has 5 heteroatoms. The highest BCUT2D eigenvalue weighted by Gasteiger charge is 2.24. The molecule has 1 atom stereocenters. The van der Waals surface area contributed by atoms with E-state index in [0.717, 1.165) is 41.9 Å². The highest BCUT2D eigenvalue weighted by Crippen LogP contribution is 2.37. The maximum Gasteiger partial charge on any atom is 0.288 e. The number of alkyl halides is 2. The van der Waals surface area contributed by atoms with Crippen LogP contribution in [0.1, 0.15) is 35.9 Å². The number of halogens is 2. The lowest BCUT2D eigenvalue weighted by Gasteiger charge is -2.21.